The van der Waals surface area contributed by atoms with Crippen molar-refractivity contribution in [1.82, 2.24) is 10.6 Å². The van der Waals surface area contributed by atoms with E-state index in [1.54, 1.807) is 0 Å². The smallest absolute Gasteiger partial charge is 0.191 e. The Morgan fingerprint density at radius 3 is 2.67 bits per heavy atom. The van der Waals surface area contributed by atoms with Crippen molar-refractivity contribution >= 4 is 29.9 Å². The maximum absolute atomic E-state index is 9.11. The van der Waals surface area contributed by atoms with Crippen molar-refractivity contribution in [3.05, 3.63) is 29.3 Å². The zero-order valence-electron chi connectivity index (χ0n) is 15.3. The molecule has 138 valence electrons. The minimum Gasteiger partial charge on any atom is -0.493 e. The fourth-order valence-corrected chi connectivity index (χ4v) is 1.98. The van der Waals surface area contributed by atoms with Crippen LogP contribution in [0.1, 0.15) is 38.3 Å². The monoisotopic (exact) mass is 449 g/mol. The average Bonchev–Trinajstić information content (AvgIpc) is 2.56. The molecule has 1 atom stereocenters. The number of ether oxygens (including phenoxy) is 1. The van der Waals surface area contributed by atoms with Gasteiger partial charge in [-0.25, -0.2) is 4.99 Å². The van der Waals surface area contributed by atoms with Crippen LogP contribution in [0.3, 0.4) is 0 Å². The number of hydrogen-bond acceptors (Lipinski definition) is 3. The van der Waals surface area contributed by atoms with Crippen LogP contribution in [0.15, 0.2) is 23.2 Å². The standard InChI is InChI=1S/C18H31N3O2.HI/c1-5-9-23-17-10-14(3)7-8-16(17)12-21-18(19-6-2)20-11-15(4)13-22;/h7-8,10,15,22H,5-6,9,11-13H2,1-4H3,(H2,19,20,21);1H. The van der Waals surface area contributed by atoms with Crippen molar-refractivity contribution in [1.29, 1.82) is 0 Å². The molecule has 0 radical (unpaired) electrons. The molecule has 0 fully saturated rings. The van der Waals surface area contributed by atoms with E-state index in [1.165, 1.54) is 5.56 Å². The molecule has 1 aromatic rings. The summed E-state index contributed by atoms with van der Waals surface area (Å²) in [7, 11) is 0. The van der Waals surface area contributed by atoms with Gasteiger partial charge in [0, 0.05) is 25.3 Å². The van der Waals surface area contributed by atoms with Crippen molar-refractivity contribution in [2.75, 3.05) is 26.3 Å². The lowest BCUT2D eigenvalue weighted by molar-refractivity contribution is 0.238. The second-order valence-corrected chi connectivity index (χ2v) is 5.82. The van der Waals surface area contributed by atoms with Crippen LogP contribution in [0.2, 0.25) is 0 Å². The Kier molecular flexibility index (Phi) is 12.7. The number of aryl methyl sites for hydroxylation is 1. The van der Waals surface area contributed by atoms with Gasteiger partial charge in [0.15, 0.2) is 5.96 Å². The molecule has 5 nitrogen and oxygen atoms in total. The van der Waals surface area contributed by atoms with Crippen LogP contribution in [0.25, 0.3) is 0 Å². The maximum Gasteiger partial charge on any atom is 0.191 e. The van der Waals surface area contributed by atoms with E-state index >= 15 is 0 Å². The fraction of sp³-hybridized carbons (Fsp3) is 0.611. The second-order valence-electron chi connectivity index (χ2n) is 5.82. The Labute approximate surface area is 163 Å². The molecule has 0 spiro atoms. The third kappa shape index (κ3) is 8.73. The minimum absolute atomic E-state index is 0. The summed E-state index contributed by atoms with van der Waals surface area (Å²) >= 11 is 0. The van der Waals surface area contributed by atoms with Gasteiger partial charge in [-0.05, 0) is 37.8 Å². The Balaban J connectivity index is 0.00000529. The van der Waals surface area contributed by atoms with Gasteiger partial charge in [-0.3, -0.25) is 0 Å². The first-order chi connectivity index (χ1) is 11.1. The van der Waals surface area contributed by atoms with Crippen LogP contribution in [0, 0.1) is 12.8 Å². The summed E-state index contributed by atoms with van der Waals surface area (Å²) in [6.07, 6.45) is 0.986. The van der Waals surface area contributed by atoms with Gasteiger partial charge in [0.05, 0.1) is 13.2 Å². The molecular weight excluding hydrogens is 417 g/mol. The van der Waals surface area contributed by atoms with Gasteiger partial charge >= 0.3 is 0 Å². The number of aliphatic hydroxyl groups is 1. The lowest BCUT2D eigenvalue weighted by atomic mass is 10.1. The molecule has 24 heavy (non-hydrogen) atoms. The summed E-state index contributed by atoms with van der Waals surface area (Å²) in [5.41, 5.74) is 2.27. The second kappa shape index (κ2) is 13.3. The van der Waals surface area contributed by atoms with Crippen LogP contribution in [-0.4, -0.2) is 37.4 Å². The molecule has 0 amide bonds. The van der Waals surface area contributed by atoms with Crippen molar-refractivity contribution in [3.63, 3.8) is 0 Å². The Morgan fingerprint density at radius 2 is 2.04 bits per heavy atom. The van der Waals surface area contributed by atoms with Crippen LogP contribution in [0.5, 0.6) is 5.75 Å². The van der Waals surface area contributed by atoms with E-state index in [0.717, 1.165) is 30.2 Å². The molecule has 0 bridgehead atoms. The molecule has 6 heteroatoms. The molecule has 0 aliphatic heterocycles. The molecule has 3 N–H and O–H groups in total. The normalized spacial score (nSPS) is 12.3. The number of rotatable bonds is 9. The first kappa shape index (κ1) is 23.0. The van der Waals surface area contributed by atoms with E-state index < -0.39 is 0 Å². The number of hydrogen-bond donors (Lipinski definition) is 3. The highest BCUT2D eigenvalue weighted by atomic mass is 127. The van der Waals surface area contributed by atoms with Gasteiger partial charge in [-0.15, -0.1) is 24.0 Å². The van der Waals surface area contributed by atoms with Gasteiger partial charge in [-0.2, -0.15) is 0 Å². The molecule has 0 aliphatic carbocycles. The fourth-order valence-electron chi connectivity index (χ4n) is 1.98. The lowest BCUT2D eigenvalue weighted by Gasteiger charge is -2.15. The maximum atomic E-state index is 9.11. The third-order valence-corrected chi connectivity index (χ3v) is 3.37. The van der Waals surface area contributed by atoms with E-state index in [9.17, 15) is 0 Å². The number of aliphatic imine (C=N–C) groups is 1. The molecule has 0 aliphatic rings. The zero-order valence-corrected chi connectivity index (χ0v) is 17.6. The van der Waals surface area contributed by atoms with Gasteiger partial charge in [0.25, 0.3) is 0 Å². The molecule has 0 aromatic heterocycles. The van der Waals surface area contributed by atoms with Gasteiger partial charge in [0.2, 0.25) is 0 Å². The van der Waals surface area contributed by atoms with E-state index in [-0.39, 0.29) is 36.5 Å². The molecule has 0 heterocycles. The summed E-state index contributed by atoms with van der Waals surface area (Å²) in [6, 6.07) is 6.22. The highest BCUT2D eigenvalue weighted by molar-refractivity contribution is 14.0. The first-order valence-electron chi connectivity index (χ1n) is 8.46. The number of benzene rings is 1. The van der Waals surface area contributed by atoms with E-state index in [1.807, 2.05) is 13.8 Å². The first-order valence-corrected chi connectivity index (χ1v) is 8.46. The van der Waals surface area contributed by atoms with Gasteiger partial charge < -0.3 is 20.5 Å². The van der Waals surface area contributed by atoms with E-state index in [0.29, 0.717) is 19.7 Å². The lowest BCUT2D eigenvalue weighted by Crippen LogP contribution is -2.39. The Morgan fingerprint density at radius 1 is 1.29 bits per heavy atom. The number of guanidine groups is 1. The van der Waals surface area contributed by atoms with Crippen LogP contribution in [0.4, 0.5) is 0 Å². The molecule has 0 saturated heterocycles. The van der Waals surface area contributed by atoms with Crippen LogP contribution in [-0.2, 0) is 6.54 Å². The van der Waals surface area contributed by atoms with Crippen LogP contribution >= 0.6 is 24.0 Å². The van der Waals surface area contributed by atoms with E-state index in [2.05, 4.69) is 47.7 Å². The summed E-state index contributed by atoms with van der Waals surface area (Å²) in [5.74, 6) is 1.87. The van der Waals surface area contributed by atoms with E-state index in [4.69, 9.17) is 9.84 Å². The topological polar surface area (TPSA) is 65.9 Å². The number of halogens is 1. The molecule has 0 saturated carbocycles. The summed E-state index contributed by atoms with van der Waals surface area (Å²) in [4.78, 5) is 4.62. The average molecular weight is 449 g/mol. The highest BCUT2D eigenvalue weighted by Gasteiger charge is 2.06. The number of nitrogens with zero attached hydrogens (tertiary/aromatic N) is 1. The summed E-state index contributed by atoms with van der Waals surface area (Å²) in [5, 5.41) is 15.6. The predicted octanol–water partition coefficient (Wildman–Crippen LogP) is 3.09. The number of aliphatic hydroxyl groups excluding tert-OH is 1. The number of nitrogens with one attached hydrogen (secondary N) is 2. The SMILES string of the molecule is CCCOc1cc(C)ccc1CN=C(NCC)NCC(C)CO.I. The zero-order chi connectivity index (χ0) is 17.1. The van der Waals surface area contributed by atoms with Crippen molar-refractivity contribution in [2.45, 2.75) is 40.7 Å². The Hall–Kier alpha value is -1.02. The van der Waals surface area contributed by atoms with Gasteiger partial charge in [0.1, 0.15) is 5.75 Å². The summed E-state index contributed by atoms with van der Waals surface area (Å²) < 4.78 is 5.83. The molecular formula is C18H32IN3O2. The van der Waals surface area contributed by atoms with Crippen molar-refractivity contribution in [2.24, 2.45) is 10.9 Å². The molecule has 1 rings (SSSR count). The molecule has 1 aromatic carbocycles. The van der Waals surface area contributed by atoms with Crippen molar-refractivity contribution in [3.8, 4) is 5.75 Å². The quantitative estimate of drug-likeness (QED) is 0.308. The molecule has 1 unspecified atom stereocenters. The minimum atomic E-state index is 0. The third-order valence-electron chi connectivity index (χ3n) is 3.37. The van der Waals surface area contributed by atoms with Gasteiger partial charge in [-0.1, -0.05) is 26.0 Å². The largest absolute Gasteiger partial charge is 0.493 e. The summed E-state index contributed by atoms with van der Waals surface area (Å²) in [6.45, 7) is 11.1. The van der Waals surface area contributed by atoms with Crippen LogP contribution < -0.4 is 15.4 Å². The predicted molar refractivity (Wildman–Crippen MR) is 111 cm³/mol. The highest BCUT2D eigenvalue weighted by Crippen LogP contribution is 2.21. The van der Waals surface area contributed by atoms with Crippen molar-refractivity contribution < 1.29 is 9.84 Å². The Bertz CT molecular complexity index is 495.